The number of benzene rings is 2. The molecule has 0 aliphatic carbocycles. The molecule has 0 saturated heterocycles. The molecule has 0 heterocycles. The van der Waals surface area contributed by atoms with Crippen LogP contribution in [0, 0.1) is 9.39 Å². The molecule has 0 bridgehead atoms. The van der Waals surface area contributed by atoms with E-state index < -0.39 is 5.97 Å². The van der Waals surface area contributed by atoms with E-state index in [4.69, 9.17) is 9.47 Å². The fraction of sp³-hybridized carbons (Fsp3) is 0.167. The first-order chi connectivity index (χ1) is 11.5. The summed E-state index contributed by atoms with van der Waals surface area (Å²) in [6.45, 7) is 0.0936. The molecule has 0 N–H and O–H groups in total. The van der Waals surface area contributed by atoms with E-state index >= 15 is 0 Å². The van der Waals surface area contributed by atoms with Crippen LogP contribution >= 0.6 is 22.6 Å². The van der Waals surface area contributed by atoms with Crippen LogP contribution in [0.4, 0.5) is 4.39 Å². The number of rotatable bonds is 6. The minimum atomic E-state index is -0.441. The van der Waals surface area contributed by atoms with Crippen molar-refractivity contribution in [2.75, 3.05) is 14.2 Å². The molecule has 2 aromatic carbocycles. The SMILES string of the molecule is COC(=O)/C=C/c1cc(I)c(OCc2ccccc2F)c(OC)c1. The first kappa shape index (κ1) is 18.3. The highest BCUT2D eigenvalue weighted by atomic mass is 127. The number of hydrogen-bond donors (Lipinski definition) is 0. The highest BCUT2D eigenvalue weighted by Gasteiger charge is 2.12. The summed E-state index contributed by atoms with van der Waals surface area (Å²) in [4.78, 5) is 11.2. The average Bonchev–Trinajstić information content (AvgIpc) is 2.59. The van der Waals surface area contributed by atoms with Crippen molar-refractivity contribution in [2.24, 2.45) is 0 Å². The lowest BCUT2D eigenvalue weighted by atomic mass is 10.2. The maximum Gasteiger partial charge on any atom is 0.330 e. The summed E-state index contributed by atoms with van der Waals surface area (Å²) in [5, 5.41) is 0. The molecule has 4 nitrogen and oxygen atoms in total. The van der Waals surface area contributed by atoms with Crippen LogP contribution in [0.2, 0.25) is 0 Å². The average molecular weight is 442 g/mol. The van der Waals surface area contributed by atoms with E-state index in [2.05, 4.69) is 27.3 Å². The summed E-state index contributed by atoms with van der Waals surface area (Å²) >= 11 is 2.10. The Morgan fingerprint density at radius 2 is 2.00 bits per heavy atom. The summed E-state index contributed by atoms with van der Waals surface area (Å²) in [6, 6.07) is 10.0. The molecule has 0 aromatic heterocycles. The Kier molecular flexibility index (Phi) is 6.60. The number of carbonyl (C=O) groups excluding carboxylic acids is 1. The fourth-order valence-electron chi connectivity index (χ4n) is 1.97. The van der Waals surface area contributed by atoms with Crippen molar-refractivity contribution in [1.82, 2.24) is 0 Å². The van der Waals surface area contributed by atoms with Gasteiger partial charge in [0.25, 0.3) is 0 Å². The zero-order valence-corrected chi connectivity index (χ0v) is 15.4. The van der Waals surface area contributed by atoms with Gasteiger partial charge in [-0.1, -0.05) is 18.2 Å². The molecule has 0 atom stereocenters. The number of methoxy groups -OCH3 is 2. The van der Waals surface area contributed by atoms with Crippen LogP contribution in [0.3, 0.4) is 0 Å². The lowest BCUT2D eigenvalue weighted by molar-refractivity contribution is -0.134. The zero-order valence-electron chi connectivity index (χ0n) is 13.2. The Labute approximate surface area is 153 Å². The van der Waals surface area contributed by atoms with Crippen molar-refractivity contribution < 1.29 is 23.4 Å². The molecule has 6 heteroatoms. The lowest BCUT2D eigenvalue weighted by Crippen LogP contribution is -2.02. The quantitative estimate of drug-likeness (QED) is 0.382. The van der Waals surface area contributed by atoms with Gasteiger partial charge < -0.3 is 14.2 Å². The zero-order chi connectivity index (χ0) is 17.5. The third-order valence-corrected chi connectivity index (χ3v) is 4.00. The van der Waals surface area contributed by atoms with Crippen LogP contribution in [0.5, 0.6) is 11.5 Å². The van der Waals surface area contributed by atoms with Gasteiger partial charge in [-0.25, -0.2) is 9.18 Å². The standard InChI is InChI=1S/C18H16FIO4/c1-22-16-10-12(7-8-17(21)23-2)9-15(20)18(16)24-11-13-5-3-4-6-14(13)19/h3-10H,11H2,1-2H3/b8-7+. The molecular formula is C18H16FIO4. The maximum atomic E-state index is 13.7. The molecule has 0 unspecified atom stereocenters. The minimum absolute atomic E-state index is 0.0936. The van der Waals surface area contributed by atoms with Crippen LogP contribution in [-0.4, -0.2) is 20.2 Å². The Balaban J connectivity index is 2.22. The van der Waals surface area contributed by atoms with Crippen LogP contribution < -0.4 is 9.47 Å². The van der Waals surface area contributed by atoms with Gasteiger partial charge in [-0.05, 0) is 52.4 Å². The van der Waals surface area contributed by atoms with Crippen molar-refractivity contribution in [2.45, 2.75) is 6.61 Å². The van der Waals surface area contributed by atoms with Crippen molar-refractivity contribution >= 4 is 34.6 Å². The second kappa shape index (κ2) is 8.68. The summed E-state index contributed by atoms with van der Waals surface area (Å²) in [6.07, 6.45) is 2.95. The molecule has 0 saturated carbocycles. The van der Waals surface area contributed by atoms with Crippen molar-refractivity contribution in [3.63, 3.8) is 0 Å². The summed E-state index contributed by atoms with van der Waals surface area (Å²) in [5.41, 5.74) is 1.23. The molecule has 0 spiro atoms. The number of carbonyl (C=O) groups is 1. The van der Waals surface area contributed by atoms with E-state index in [0.29, 0.717) is 17.1 Å². The Morgan fingerprint density at radius 3 is 2.67 bits per heavy atom. The minimum Gasteiger partial charge on any atom is -0.493 e. The predicted octanol–water partition coefficient (Wildman–Crippen LogP) is 4.20. The molecule has 0 aliphatic rings. The monoisotopic (exact) mass is 442 g/mol. The smallest absolute Gasteiger partial charge is 0.330 e. The Morgan fingerprint density at radius 1 is 1.25 bits per heavy atom. The lowest BCUT2D eigenvalue weighted by Gasteiger charge is -2.14. The predicted molar refractivity (Wildman–Crippen MR) is 97.5 cm³/mol. The second-order valence-electron chi connectivity index (χ2n) is 4.77. The Hall–Kier alpha value is -2.09. The molecule has 0 amide bonds. The van der Waals surface area contributed by atoms with Crippen LogP contribution in [0.1, 0.15) is 11.1 Å². The molecule has 0 radical (unpaired) electrons. The van der Waals surface area contributed by atoms with E-state index in [1.54, 1.807) is 30.3 Å². The van der Waals surface area contributed by atoms with Crippen molar-refractivity contribution in [3.05, 3.63) is 63.0 Å². The van der Waals surface area contributed by atoms with Gasteiger partial charge in [-0.15, -0.1) is 0 Å². The van der Waals surface area contributed by atoms with Crippen LogP contribution in [-0.2, 0) is 16.1 Å². The molecule has 24 heavy (non-hydrogen) atoms. The molecule has 2 aromatic rings. The number of hydrogen-bond acceptors (Lipinski definition) is 4. The second-order valence-corrected chi connectivity index (χ2v) is 5.93. The van der Waals surface area contributed by atoms with E-state index in [0.717, 1.165) is 9.13 Å². The van der Waals surface area contributed by atoms with Gasteiger partial charge in [0.05, 0.1) is 17.8 Å². The van der Waals surface area contributed by atoms with Gasteiger partial charge in [-0.2, -0.15) is 0 Å². The largest absolute Gasteiger partial charge is 0.493 e. The summed E-state index contributed by atoms with van der Waals surface area (Å²) < 4.78 is 30.1. The van der Waals surface area contributed by atoms with Crippen molar-refractivity contribution in [3.8, 4) is 11.5 Å². The van der Waals surface area contributed by atoms with Gasteiger partial charge >= 0.3 is 5.97 Å². The normalized spacial score (nSPS) is 10.7. The van der Waals surface area contributed by atoms with Crippen molar-refractivity contribution in [1.29, 1.82) is 0 Å². The molecular weight excluding hydrogens is 426 g/mol. The van der Waals surface area contributed by atoms with Gasteiger partial charge in [0.2, 0.25) is 0 Å². The van der Waals surface area contributed by atoms with Crippen LogP contribution in [0.15, 0.2) is 42.5 Å². The van der Waals surface area contributed by atoms with E-state index in [9.17, 15) is 9.18 Å². The summed E-state index contributed by atoms with van der Waals surface area (Å²) in [7, 11) is 2.84. The first-order valence-electron chi connectivity index (χ1n) is 7.05. The highest BCUT2D eigenvalue weighted by Crippen LogP contribution is 2.35. The van der Waals surface area contributed by atoms with Gasteiger partial charge in [0.1, 0.15) is 12.4 Å². The number of ether oxygens (including phenoxy) is 3. The molecule has 126 valence electrons. The highest BCUT2D eigenvalue weighted by molar-refractivity contribution is 14.1. The topological polar surface area (TPSA) is 44.8 Å². The molecule has 0 fully saturated rings. The van der Waals surface area contributed by atoms with Gasteiger partial charge in [0.15, 0.2) is 11.5 Å². The van der Waals surface area contributed by atoms with Crippen LogP contribution in [0.25, 0.3) is 6.08 Å². The number of halogens is 2. The number of esters is 1. The third-order valence-electron chi connectivity index (χ3n) is 3.19. The first-order valence-corrected chi connectivity index (χ1v) is 8.12. The van der Waals surface area contributed by atoms with Gasteiger partial charge in [-0.3, -0.25) is 0 Å². The third kappa shape index (κ3) is 4.70. The van der Waals surface area contributed by atoms with E-state index in [1.165, 1.54) is 26.4 Å². The van der Waals surface area contributed by atoms with E-state index in [1.807, 2.05) is 6.07 Å². The van der Waals surface area contributed by atoms with Gasteiger partial charge in [0, 0.05) is 11.6 Å². The maximum absolute atomic E-state index is 13.7. The van der Waals surface area contributed by atoms with E-state index in [-0.39, 0.29) is 12.4 Å². The Bertz CT molecular complexity index is 759. The summed E-state index contributed by atoms with van der Waals surface area (Å²) in [5.74, 6) is 0.271. The fourth-order valence-corrected chi connectivity index (χ4v) is 2.75. The molecule has 0 aliphatic heterocycles. The molecule has 2 rings (SSSR count).